The van der Waals surface area contributed by atoms with Crippen molar-refractivity contribution in [1.29, 1.82) is 0 Å². The van der Waals surface area contributed by atoms with Crippen LogP contribution in [-0.2, 0) is 6.42 Å². The van der Waals surface area contributed by atoms with Crippen molar-refractivity contribution < 1.29 is 5.11 Å². The van der Waals surface area contributed by atoms with Crippen LogP contribution in [0, 0.1) is 2.88 Å². The molecule has 0 aliphatic heterocycles. The van der Waals surface area contributed by atoms with Crippen LogP contribution in [0.15, 0.2) is 23.7 Å². The molecule has 1 N–H and O–H groups in total. The number of aliphatic hydroxyl groups excluding tert-OH is 1. The monoisotopic (exact) mass is 362 g/mol. The SMILES string of the molecule is CC(C)n1ccc(CC(O)c2csc(I)c2)n1. The van der Waals surface area contributed by atoms with Gasteiger partial charge in [0.15, 0.2) is 0 Å². The number of rotatable bonds is 4. The fraction of sp³-hybridized carbons (Fsp3) is 0.417. The van der Waals surface area contributed by atoms with Crippen molar-refractivity contribution in [1.82, 2.24) is 9.78 Å². The van der Waals surface area contributed by atoms with Crippen LogP contribution in [0.1, 0.15) is 37.3 Å². The maximum Gasteiger partial charge on any atom is 0.0854 e. The van der Waals surface area contributed by atoms with Crippen LogP contribution >= 0.6 is 33.9 Å². The predicted molar refractivity (Wildman–Crippen MR) is 78.3 cm³/mol. The fourth-order valence-corrected chi connectivity index (χ4v) is 3.01. The number of hydrogen-bond acceptors (Lipinski definition) is 3. The van der Waals surface area contributed by atoms with E-state index in [2.05, 4.69) is 41.5 Å². The standard InChI is InChI=1S/C12H15IN2OS/c1-8(2)15-4-3-10(14-15)6-11(16)9-5-12(13)17-7-9/h3-5,7-8,11,16H,6H2,1-2H3. The van der Waals surface area contributed by atoms with E-state index in [1.54, 1.807) is 11.3 Å². The van der Waals surface area contributed by atoms with Crippen LogP contribution < -0.4 is 0 Å². The molecule has 0 fully saturated rings. The normalized spacial score (nSPS) is 13.2. The van der Waals surface area contributed by atoms with Crippen LogP contribution in [0.5, 0.6) is 0 Å². The van der Waals surface area contributed by atoms with Gasteiger partial charge in [-0.1, -0.05) is 0 Å². The molecule has 0 saturated heterocycles. The second kappa shape index (κ2) is 5.49. The highest BCUT2D eigenvalue weighted by molar-refractivity contribution is 14.1. The summed E-state index contributed by atoms with van der Waals surface area (Å²) in [5.74, 6) is 0. The van der Waals surface area contributed by atoms with Crippen LogP contribution in [0.4, 0.5) is 0 Å². The van der Waals surface area contributed by atoms with Crippen molar-refractivity contribution in [2.45, 2.75) is 32.4 Å². The average Bonchev–Trinajstić information content (AvgIpc) is 2.86. The predicted octanol–water partition coefficient (Wildman–Crippen LogP) is 3.41. The van der Waals surface area contributed by atoms with E-state index in [1.807, 2.05) is 28.4 Å². The quantitative estimate of drug-likeness (QED) is 0.847. The zero-order chi connectivity index (χ0) is 12.4. The van der Waals surface area contributed by atoms with Crippen LogP contribution in [0.25, 0.3) is 0 Å². The van der Waals surface area contributed by atoms with Crippen molar-refractivity contribution in [3.63, 3.8) is 0 Å². The second-order valence-electron chi connectivity index (χ2n) is 4.28. The summed E-state index contributed by atoms with van der Waals surface area (Å²) in [6, 6.07) is 4.36. The summed E-state index contributed by atoms with van der Waals surface area (Å²) >= 11 is 3.92. The van der Waals surface area contributed by atoms with E-state index in [9.17, 15) is 5.11 Å². The van der Waals surface area contributed by atoms with Gasteiger partial charge < -0.3 is 5.11 Å². The smallest absolute Gasteiger partial charge is 0.0854 e. The molecule has 0 spiro atoms. The van der Waals surface area contributed by atoms with Crippen molar-refractivity contribution in [2.24, 2.45) is 0 Å². The van der Waals surface area contributed by atoms with E-state index in [0.29, 0.717) is 12.5 Å². The minimum atomic E-state index is -0.453. The lowest BCUT2D eigenvalue weighted by atomic mass is 10.1. The van der Waals surface area contributed by atoms with Crippen LogP contribution in [-0.4, -0.2) is 14.9 Å². The zero-order valence-electron chi connectivity index (χ0n) is 9.80. The van der Waals surface area contributed by atoms with Gasteiger partial charge in [-0.2, -0.15) is 5.10 Å². The van der Waals surface area contributed by atoms with Gasteiger partial charge in [0.1, 0.15) is 0 Å². The van der Waals surface area contributed by atoms with Gasteiger partial charge >= 0.3 is 0 Å². The highest BCUT2D eigenvalue weighted by atomic mass is 127. The maximum absolute atomic E-state index is 10.1. The molecule has 0 aliphatic rings. The number of nitrogens with zero attached hydrogens (tertiary/aromatic N) is 2. The summed E-state index contributed by atoms with van der Waals surface area (Å²) in [5, 5.41) is 16.5. The third-order valence-corrected chi connectivity index (χ3v) is 4.37. The Morgan fingerprint density at radius 1 is 1.53 bits per heavy atom. The van der Waals surface area contributed by atoms with Crippen LogP contribution in [0.3, 0.4) is 0 Å². The topological polar surface area (TPSA) is 38.0 Å². The third-order valence-electron chi connectivity index (χ3n) is 2.57. The molecule has 0 aromatic carbocycles. The van der Waals surface area contributed by atoms with E-state index in [4.69, 9.17) is 0 Å². The first kappa shape index (κ1) is 13.0. The van der Waals surface area contributed by atoms with Crippen molar-refractivity contribution in [2.75, 3.05) is 0 Å². The first-order valence-corrected chi connectivity index (χ1v) is 7.48. The molecule has 1 atom stereocenters. The number of aromatic nitrogens is 2. The first-order valence-electron chi connectivity index (χ1n) is 5.52. The van der Waals surface area contributed by atoms with E-state index >= 15 is 0 Å². The number of thiophene rings is 1. The van der Waals surface area contributed by atoms with Crippen molar-refractivity contribution in [3.8, 4) is 0 Å². The van der Waals surface area contributed by atoms with E-state index < -0.39 is 6.10 Å². The van der Waals surface area contributed by atoms with Gasteiger partial charge in [0.2, 0.25) is 0 Å². The molecule has 2 aromatic heterocycles. The van der Waals surface area contributed by atoms with Crippen molar-refractivity contribution >= 4 is 33.9 Å². The van der Waals surface area contributed by atoms with Gasteiger partial charge in [0, 0.05) is 18.7 Å². The maximum atomic E-state index is 10.1. The first-order chi connectivity index (χ1) is 8.06. The third kappa shape index (κ3) is 3.29. The molecule has 0 radical (unpaired) electrons. The summed E-state index contributed by atoms with van der Waals surface area (Å²) in [4.78, 5) is 0. The average molecular weight is 362 g/mol. The molecule has 17 heavy (non-hydrogen) atoms. The number of halogens is 1. The Labute approximate surface area is 119 Å². The molecule has 2 aromatic rings. The Bertz CT molecular complexity index is 492. The molecule has 5 heteroatoms. The van der Waals surface area contributed by atoms with Crippen molar-refractivity contribution in [3.05, 3.63) is 37.9 Å². The van der Waals surface area contributed by atoms with Gasteiger partial charge in [0.25, 0.3) is 0 Å². The molecule has 3 nitrogen and oxygen atoms in total. The van der Waals surface area contributed by atoms with Gasteiger partial charge in [-0.3, -0.25) is 4.68 Å². The van der Waals surface area contributed by atoms with E-state index in [0.717, 1.165) is 11.3 Å². The Morgan fingerprint density at radius 2 is 2.29 bits per heavy atom. The summed E-state index contributed by atoms with van der Waals surface area (Å²) in [5.41, 5.74) is 1.92. The molecule has 2 rings (SSSR count). The van der Waals surface area contributed by atoms with Crippen LogP contribution in [0.2, 0.25) is 0 Å². The van der Waals surface area contributed by atoms with Gasteiger partial charge in [0.05, 0.1) is 14.7 Å². The molecule has 0 amide bonds. The van der Waals surface area contributed by atoms with Gasteiger partial charge in [-0.05, 0) is 59.5 Å². The minimum Gasteiger partial charge on any atom is -0.388 e. The lowest BCUT2D eigenvalue weighted by Crippen LogP contribution is -2.04. The zero-order valence-corrected chi connectivity index (χ0v) is 12.8. The molecule has 2 heterocycles. The van der Waals surface area contributed by atoms with E-state index in [-0.39, 0.29) is 0 Å². The lowest BCUT2D eigenvalue weighted by molar-refractivity contribution is 0.177. The molecule has 1 unspecified atom stereocenters. The molecular weight excluding hydrogens is 347 g/mol. The molecule has 0 aliphatic carbocycles. The molecule has 0 saturated carbocycles. The highest BCUT2D eigenvalue weighted by Crippen LogP contribution is 2.24. The van der Waals surface area contributed by atoms with E-state index in [1.165, 1.54) is 2.88 Å². The Kier molecular flexibility index (Phi) is 4.22. The summed E-state index contributed by atoms with van der Waals surface area (Å²) in [6.07, 6.45) is 2.08. The minimum absolute atomic E-state index is 0.364. The Balaban J connectivity index is 2.05. The Morgan fingerprint density at radius 3 is 2.82 bits per heavy atom. The van der Waals surface area contributed by atoms with Gasteiger partial charge in [-0.25, -0.2) is 0 Å². The highest BCUT2D eigenvalue weighted by Gasteiger charge is 2.12. The molecule has 92 valence electrons. The number of aliphatic hydroxyl groups is 1. The summed E-state index contributed by atoms with van der Waals surface area (Å²) in [7, 11) is 0. The Hall–Kier alpha value is -0.400. The fourth-order valence-electron chi connectivity index (χ4n) is 1.59. The molecular formula is C12H15IN2OS. The number of hydrogen-bond donors (Lipinski definition) is 1. The van der Waals surface area contributed by atoms with Gasteiger partial charge in [-0.15, -0.1) is 11.3 Å². The summed E-state index contributed by atoms with van der Waals surface area (Å²) < 4.78 is 3.11. The second-order valence-corrected chi connectivity index (χ2v) is 7.09. The largest absolute Gasteiger partial charge is 0.388 e. The lowest BCUT2D eigenvalue weighted by Gasteiger charge is -2.07. The summed E-state index contributed by atoms with van der Waals surface area (Å²) in [6.45, 7) is 4.18. The molecule has 0 bridgehead atoms.